The van der Waals surface area contributed by atoms with E-state index in [4.69, 9.17) is 20.8 Å². The van der Waals surface area contributed by atoms with Crippen LogP contribution in [0.4, 0.5) is 0 Å². The van der Waals surface area contributed by atoms with Crippen LogP contribution in [-0.4, -0.2) is 38.0 Å². The molecule has 0 unspecified atom stereocenters. The maximum atomic E-state index is 13.7. The zero-order valence-electron chi connectivity index (χ0n) is 20.3. The van der Waals surface area contributed by atoms with Crippen LogP contribution in [-0.2, 0) is 6.61 Å². The third kappa shape index (κ3) is 4.74. The van der Waals surface area contributed by atoms with Crippen LogP contribution in [0.5, 0.6) is 5.75 Å². The van der Waals surface area contributed by atoms with Gasteiger partial charge in [0.2, 0.25) is 5.76 Å². The summed E-state index contributed by atoms with van der Waals surface area (Å²) < 4.78 is 12.1. The van der Waals surface area contributed by atoms with Crippen LogP contribution < -0.4 is 15.1 Å². The summed E-state index contributed by atoms with van der Waals surface area (Å²) in [5, 5.41) is 0.813. The van der Waals surface area contributed by atoms with Crippen molar-refractivity contribution in [3.05, 3.63) is 110 Å². The summed E-state index contributed by atoms with van der Waals surface area (Å²) >= 11 is 6.18. The molecule has 0 saturated heterocycles. The average Bonchev–Trinajstić information content (AvgIpc) is 3.15. The number of rotatable bonds is 8. The van der Waals surface area contributed by atoms with E-state index in [9.17, 15) is 9.59 Å². The molecule has 0 fully saturated rings. The Balaban J connectivity index is 1.56. The van der Waals surface area contributed by atoms with Crippen molar-refractivity contribution in [1.29, 1.82) is 0 Å². The van der Waals surface area contributed by atoms with E-state index in [2.05, 4.69) is 14.1 Å². The second-order valence-corrected chi connectivity index (χ2v) is 9.81. The first-order valence-electron chi connectivity index (χ1n) is 12.1. The molecule has 0 spiro atoms. The molecule has 2 heterocycles. The summed E-state index contributed by atoms with van der Waals surface area (Å²) in [4.78, 5) is 30.3. The molecule has 0 saturated carbocycles. The second-order valence-electron chi connectivity index (χ2n) is 9.37. The topological polar surface area (TPSA) is 64.2 Å². The molecule has 0 aliphatic carbocycles. The minimum atomic E-state index is -0.565. The summed E-state index contributed by atoms with van der Waals surface area (Å²) in [5.74, 6) is 0.504. The Hall–Kier alpha value is -3.61. The molecular formula is C29H28ClN2O4+. The van der Waals surface area contributed by atoms with Crippen molar-refractivity contribution < 1.29 is 18.8 Å². The third-order valence-corrected chi connectivity index (χ3v) is 6.66. The van der Waals surface area contributed by atoms with E-state index >= 15 is 0 Å². The van der Waals surface area contributed by atoms with Crippen molar-refractivity contribution in [2.75, 3.05) is 27.2 Å². The molecule has 0 radical (unpaired) electrons. The zero-order chi connectivity index (χ0) is 25.2. The van der Waals surface area contributed by atoms with E-state index < -0.39 is 6.04 Å². The minimum Gasteiger partial charge on any atom is -0.489 e. The lowest BCUT2D eigenvalue weighted by Gasteiger charge is -2.25. The molecule has 0 bridgehead atoms. The van der Waals surface area contributed by atoms with Crippen molar-refractivity contribution in [3.8, 4) is 5.75 Å². The molecule has 3 aromatic carbocycles. The molecule has 6 nitrogen and oxygen atoms in total. The van der Waals surface area contributed by atoms with Crippen molar-refractivity contribution in [2.45, 2.75) is 19.1 Å². The normalized spacial score (nSPS) is 15.1. The maximum Gasteiger partial charge on any atom is 0.290 e. The molecular weight excluding hydrogens is 476 g/mol. The average molecular weight is 504 g/mol. The van der Waals surface area contributed by atoms with Crippen LogP contribution in [0, 0.1) is 0 Å². The van der Waals surface area contributed by atoms with Gasteiger partial charge in [0, 0.05) is 18.0 Å². The van der Waals surface area contributed by atoms with E-state index in [1.165, 1.54) is 4.90 Å². The van der Waals surface area contributed by atoms with Crippen molar-refractivity contribution in [2.24, 2.45) is 0 Å². The van der Waals surface area contributed by atoms with E-state index in [0.717, 1.165) is 24.1 Å². The van der Waals surface area contributed by atoms with Crippen LogP contribution in [0.2, 0.25) is 5.02 Å². The highest BCUT2D eigenvalue weighted by Crippen LogP contribution is 2.39. The number of amides is 1. The van der Waals surface area contributed by atoms with Gasteiger partial charge in [-0.15, -0.1) is 0 Å². The Labute approximate surface area is 214 Å². The quantitative estimate of drug-likeness (QED) is 0.393. The van der Waals surface area contributed by atoms with Crippen molar-refractivity contribution >= 4 is 28.5 Å². The Morgan fingerprint density at radius 2 is 1.81 bits per heavy atom. The molecule has 184 valence electrons. The minimum absolute atomic E-state index is 0.104. The van der Waals surface area contributed by atoms with E-state index in [0.29, 0.717) is 40.5 Å². The number of quaternary nitrogens is 1. The molecule has 4 aromatic rings. The lowest BCUT2D eigenvalue weighted by atomic mass is 9.98. The monoisotopic (exact) mass is 503 g/mol. The van der Waals surface area contributed by atoms with Gasteiger partial charge < -0.3 is 19.0 Å². The van der Waals surface area contributed by atoms with Gasteiger partial charge in [0.05, 0.1) is 37.6 Å². The van der Waals surface area contributed by atoms with Gasteiger partial charge in [-0.05, 0) is 41.5 Å². The number of halogens is 1. The number of hydrogen-bond donors (Lipinski definition) is 1. The number of nitrogens with zero attached hydrogens (tertiary/aromatic N) is 1. The number of hydrogen-bond acceptors (Lipinski definition) is 4. The first-order valence-corrected chi connectivity index (χ1v) is 12.4. The summed E-state index contributed by atoms with van der Waals surface area (Å²) in [7, 11) is 4.15. The summed E-state index contributed by atoms with van der Waals surface area (Å²) in [6.07, 6.45) is 0.794. The first-order chi connectivity index (χ1) is 17.4. The van der Waals surface area contributed by atoms with Crippen LogP contribution in [0.1, 0.15) is 39.7 Å². The predicted octanol–water partition coefficient (Wildman–Crippen LogP) is 4.11. The Bertz CT molecular complexity index is 1470. The largest absolute Gasteiger partial charge is 0.489 e. The SMILES string of the molecule is C[NH+](C)CCCN1C(=O)c2oc3ccc(Cl)cc3c(=O)c2[C@H]1c1cccc(OCc2ccccc2)c1. The van der Waals surface area contributed by atoms with E-state index in [1.54, 1.807) is 23.1 Å². The Kier molecular flexibility index (Phi) is 6.81. The number of benzene rings is 3. The highest BCUT2D eigenvalue weighted by atomic mass is 35.5. The molecule has 1 atom stereocenters. The van der Waals surface area contributed by atoms with Gasteiger partial charge in [0.1, 0.15) is 17.9 Å². The lowest BCUT2D eigenvalue weighted by Crippen LogP contribution is -3.05. The second kappa shape index (κ2) is 10.2. The zero-order valence-corrected chi connectivity index (χ0v) is 21.0. The van der Waals surface area contributed by atoms with Gasteiger partial charge in [-0.3, -0.25) is 9.59 Å². The number of nitrogens with one attached hydrogen (secondary N) is 1. The number of fused-ring (bicyclic) bond motifs is 2. The molecule has 36 heavy (non-hydrogen) atoms. The maximum absolute atomic E-state index is 13.7. The molecule has 5 rings (SSSR count). The smallest absolute Gasteiger partial charge is 0.290 e. The molecule has 1 N–H and O–H groups in total. The van der Waals surface area contributed by atoms with Crippen LogP contribution in [0.25, 0.3) is 11.0 Å². The van der Waals surface area contributed by atoms with Crippen molar-refractivity contribution in [1.82, 2.24) is 4.90 Å². The van der Waals surface area contributed by atoms with Gasteiger partial charge in [-0.25, -0.2) is 0 Å². The summed E-state index contributed by atoms with van der Waals surface area (Å²) in [5.41, 5.74) is 2.34. The first kappa shape index (κ1) is 24.1. The van der Waals surface area contributed by atoms with Gasteiger partial charge >= 0.3 is 0 Å². The van der Waals surface area contributed by atoms with Crippen LogP contribution in [0.3, 0.4) is 0 Å². The fourth-order valence-corrected chi connectivity index (χ4v) is 4.86. The standard InChI is InChI=1S/C29H27ClN2O4/c1-31(2)14-7-15-32-26(20-10-6-11-22(16-20)35-18-19-8-4-3-5-9-19)25-27(33)23-17-21(30)12-13-24(23)36-28(25)29(32)34/h3-6,8-13,16-17,26H,7,14-15,18H2,1-2H3/p+1/t26-/m1/s1. The fourth-order valence-electron chi connectivity index (χ4n) is 4.69. The highest BCUT2D eigenvalue weighted by molar-refractivity contribution is 6.31. The van der Waals surface area contributed by atoms with Crippen LogP contribution >= 0.6 is 11.6 Å². The molecule has 1 amide bonds. The molecule has 7 heteroatoms. The molecule has 1 aromatic heterocycles. The van der Waals surface area contributed by atoms with Gasteiger partial charge in [-0.1, -0.05) is 54.1 Å². The molecule has 1 aliphatic rings. The number of carbonyl (C=O) groups excluding carboxylic acids is 1. The lowest BCUT2D eigenvalue weighted by molar-refractivity contribution is -0.858. The highest BCUT2D eigenvalue weighted by Gasteiger charge is 2.42. The van der Waals surface area contributed by atoms with Crippen molar-refractivity contribution in [3.63, 3.8) is 0 Å². The molecule has 1 aliphatic heterocycles. The van der Waals surface area contributed by atoms with E-state index in [-0.39, 0.29) is 17.1 Å². The van der Waals surface area contributed by atoms with Gasteiger partial charge in [0.15, 0.2) is 5.43 Å². The van der Waals surface area contributed by atoms with Crippen LogP contribution in [0.15, 0.2) is 82.0 Å². The van der Waals surface area contributed by atoms with E-state index in [1.807, 2.05) is 54.6 Å². The Morgan fingerprint density at radius 1 is 1.00 bits per heavy atom. The summed E-state index contributed by atoms with van der Waals surface area (Å²) in [6, 6.07) is 21.8. The third-order valence-electron chi connectivity index (χ3n) is 6.43. The Morgan fingerprint density at radius 3 is 2.58 bits per heavy atom. The number of carbonyl (C=O) groups is 1. The van der Waals surface area contributed by atoms with Gasteiger partial charge in [0.25, 0.3) is 5.91 Å². The number of ether oxygens (including phenoxy) is 1. The summed E-state index contributed by atoms with van der Waals surface area (Å²) in [6.45, 7) is 1.82. The van der Waals surface area contributed by atoms with Gasteiger partial charge in [-0.2, -0.15) is 0 Å². The predicted molar refractivity (Wildman–Crippen MR) is 140 cm³/mol. The fraction of sp³-hybridized carbons (Fsp3) is 0.241.